The number of hydrogen-bond donors (Lipinski definition) is 1. The quantitative estimate of drug-likeness (QED) is 0.537. The van der Waals surface area contributed by atoms with Gasteiger partial charge in [-0.15, -0.1) is 11.6 Å². The third-order valence-corrected chi connectivity index (χ3v) is 4.67. The van der Waals surface area contributed by atoms with E-state index in [2.05, 4.69) is 0 Å². The van der Waals surface area contributed by atoms with Crippen LogP contribution in [0.2, 0.25) is 0 Å². The number of carboxylic acids is 1. The number of fused-ring (bicyclic) bond motifs is 1. The van der Waals surface area contributed by atoms with Crippen LogP contribution in [-0.2, 0) is 14.3 Å². The van der Waals surface area contributed by atoms with Gasteiger partial charge in [-0.3, -0.25) is 9.59 Å². The van der Waals surface area contributed by atoms with Crippen molar-refractivity contribution in [3.8, 4) is 0 Å². The van der Waals surface area contributed by atoms with Gasteiger partial charge in [0.1, 0.15) is 6.10 Å². The van der Waals surface area contributed by atoms with Gasteiger partial charge in [-0.05, 0) is 18.8 Å². The molecule has 4 nitrogen and oxygen atoms in total. The van der Waals surface area contributed by atoms with Crippen molar-refractivity contribution in [3.05, 3.63) is 0 Å². The zero-order valence-electron chi connectivity index (χ0n) is 7.93. The molecule has 1 N–H and O–H groups in total. The minimum Gasteiger partial charge on any atom is -0.481 e. The largest absolute Gasteiger partial charge is 0.481 e. The summed E-state index contributed by atoms with van der Waals surface area (Å²) in [5.74, 6) is -2.40. The molecule has 82 valence electrons. The number of carboxylic acid groups (broad SMARTS) is 1. The molecule has 0 aromatic carbocycles. The Labute approximate surface area is 91.5 Å². The van der Waals surface area contributed by atoms with E-state index < -0.39 is 17.8 Å². The van der Waals surface area contributed by atoms with Crippen molar-refractivity contribution in [2.24, 2.45) is 23.7 Å². The van der Waals surface area contributed by atoms with E-state index in [4.69, 9.17) is 21.4 Å². The summed E-state index contributed by atoms with van der Waals surface area (Å²) in [5, 5.41) is 8.84. The van der Waals surface area contributed by atoms with Gasteiger partial charge < -0.3 is 9.84 Å². The molecule has 6 atom stereocenters. The molecule has 0 aromatic heterocycles. The summed E-state index contributed by atoms with van der Waals surface area (Å²) in [7, 11) is 0. The van der Waals surface area contributed by atoms with E-state index in [0.717, 1.165) is 12.8 Å². The first-order chi connectivity index (χ1) is 7.11. The van der Waals surface area contributed by atoms with E-state index >= 15 is 0 Å². The Balaban J connectivity index is 2.05. The maximum Gasteiger partial charge on any atom is 0.310 e. The van der Waals surface area contributed by atoms with Crippen LogP contribution in [0.3, 0.4) is 0 Å². The summed E-state index contributed by atoms with van der Waals surface area (Å²) in [6, 6.07) is 0. The molecular formula is C10H11ClO4. The van der Waals surface area contributed by atoms with Crippen LogP contribution < -0.4 is 0 Å². The first kappa shape index (κ1) is 9.46. The fourth-order valence-corrected chi connectivity index (χ4v) is 4.03. The highest BCUT2D eigenvalue weighted by atomic mass is 35.5. The summed E-state index contributed by atoms with van der Waals surface area (Å²) >= 11 is 6.17. The van der Waals surface area contributed by atoms with Crippen molar-refractivity contribution in [3.63, 3.8) is 0 Å². The lowest BCUT2D eigenvalue weighted by molar-refractivity contribution is -0.154. The third kappa shape index (κ3) is 1.03. The average molecular weight is 231 g/mol. The van der Waals surface area contributed by atoms with Crippen molar-refractivity contribution < 1.29 is 19.4 Å². The Morgan fingerprint density at radius 1 is 1.40 bits per heavy atom. The Bertz CT molecular complexity index is 342. The summed E-state index contributed by atoms with van der Waals surface area (Å²) in [6.45, 7) is 0. The van der Waals surface area contributed by atoms with Crippen LogP contribution in [0.4, 0.5) is 0 Å². The molecule has 4 aliphatic rings. The number of carbonyl (C=O) groups excluding carboxylic acids is 1. The minimum absolute atomic E-state index is 0.0334. The van der Waals surface area contributed by atoms with E-state index in [1.54, 1.807) is 0 Å². The second-order valence-corrected chi connectivity index (χ2v) is 5.14. The van der Waals surface area contributed by atoms with Gasteiger partial charge in [0, 0.05) is 5.92 Å². The van der Waals surface area contributed by atoms with Crippen LogP contribution in [0.25, 0.3) is 0 Å². The van der Waals surface area contributed by atoms with Crippen molar-refractivity contribution in [1.82, 2.24) is 0 Å². The second-order valence-electron chi connectivity index (χ2n) is 4.64. The summed E-state index contributed by atoms with van der Waals surface area (Å²) < 4.78 is 5.18. The first-order valence-electron chi connectivity index (χ1n) is 5.18. The normalized spacial score (nSPS) is 51.7. The lowest BCUT2D eigenvalue weighted by Gasteiger charge is -2.45. The van der Waals surface area contributed by atoms with Gasteiger partial charge in [-0.2, -0.15) is 0 Å². The predicted molar refractivity (Wildman–Crippen MR) is 50.4 cm³/mol. The molecule has 0 unspecified atom stereocenters. The Kier molecular flexibility index (Phi) is 1.81. The highest BCUT2D eigenvalue weighted by molar-refractivity contribution is 6.22. The molecule has 5 heteroatoms. The second kappa shape index (κ2) is 2.88. The van der Waals surface area contributed by atoms with Crippen molar-refractivity contribution >= 4 is 23.5 Å². The van der Waals surface area contributed by atoms with Gasteiger partial charge in [-0.25, -0.2) is 0 Å². The Morgan fingerprint density at radius 3 is 2.73 bits per heavy atom. The van der Waals surface area contributed by atoms with Crippen LogP contribution in [0.15, 0.2) is 0 Å². The van der Waals surface area contributed by atoms with Gasteiger partial charge in [0.15, 0.2) is 0 Å². The molecule has 4 bridgehead atoms. The maximum absolute atomic E-state index is 11.6. The zero-order chi connectivity index (χ0) is 10.7. The van der Waals surface area contributed by atoms with Gasteiger partial charge >= 0.3 is 11.9 Å². The highest BCUT2D eigenvalue weighted by Gasteiger charge is 2.64. The molecule has 0 aromatic rings. The lowest BCUT2D eigenvalue weighted by Crippen LogP contribution is -2.53. The molecule has 0 spiro atoms. The van der Waals surface area contributed by atoms with Gasteiger partial charge in [0.25, 0.3) is 0 Å². The van der Waals surface area contributed by atoms with Crippen LogP contribution in [0, 0.1) is 23.7 Å². The number of aliphatic carboxylic acids is 1. The summed E-state index contributed by atoms with van der Waals surface area (Å²) in [6.07, 6.45) is 1.44. The van der Waals surface area contributed by atoms with E-state index in [0.29, 0.717) is 0 Å². The van der Waals surface area contributed by atoms with E-state index in [9.17, 15) is 9.59 Å². The molecule has 1 saturated heterocycles. The van der Waals surface area contributed by atoms with Crippen molar-refractivity contribution in [2.75, 3.05) is 0 Å². The number of ether oxygens (including phenoxy) is 1. The smallest absolute Gasteiger partial charge is 0.310 e. The van der Waals surface area contributed by atoms with Gasteiger partial charge in [0.2, 0.25) is 0 Å². The molecule has 1 aliphatic heterocycles. The minimum atomic E-state index is -0.905. The van der Waals surface area contributed by atoms with Gasteiger partial charge in [-0.1, -0.05) is 0 Å². The first-order valence-corrected chi connectivity index (χ1v) is 5.62. The zero-order valence-corrected chi connectivity index (χ0v) is 8.68. The van der Waals surface area contributed by atoms with Crippen LogP contribution in [-0.4, -0.2) is 28.5 Å². The predicted octanol–water partition coefficient (Wildman–Crippen LogP) is 0.876. The SMILES string of the molecule is O=C(O)[C@@H]1[C@@H]2CC[C@H]3[C@H](OC(=O)[C@@H]31)[C@@H]2Cl. The molecule has 3 aliphatic carbocycles. The number of rotatable bonds is 1. The number of alkyl halides is 1. The number of halogens is 1. The lowest BCUT2D eigenvalue weighted by atomic mass is 9.58. The van der Waals surface area contributed by atoms with Crippen molar-refractivity contribution in [1.29, 1.82) is 0 Å². The standard InChI is InChI=1S/C10H11ClO4/c11-7-3-1-2-4-6(5(3)9(12)13)10(14)15-8(4)7/h3-8H,1-2H2,(H,12,13)/t3-,4+,5+,6-,7+,8-/m0/s1. The monoisotopic (exact) mass is 230 g/mol. The molecule has 15 heavy (non-hydrogen) atoms. The fourth-order valence-electron chi connectivity index (χ4n) is 3.51. The van der Waals surface area contributed by atoms with Crippen LogP contribution in [0.5, 0.6) is 0 Å². The van der Waals surface area contributed by atoms with E-state index in [1.165, 1.54) is 0 Å². The number of hydrogen-bond acceptors (Lipinski definition) is 3. The molecule has 3 saturated carbocycles. The van der Waals surface area contributed by atoms with Crippen molar-refractivity contribution in [2.45, 2.75) is 24.3 Å². The Morgan fingerprint density at radius 2 is 2.07 bits per heavy atom. The van der Waals surface area contributed by atoms with Gasteiger partial charge in [0.05, 0.1) is 17.2 Å². The average Bonchev–Trinajstić information content (AvgIpc) is 2.49. The fraction of sp³-hybridized carbons (Fsp3) is 0.800. The van der Waals surface area contributed by atoms with Crippen LogP contribution >= 0.6 is 11.6 Å². The summed E-state index contributed by atoms with van der Waals surface area (Å²) in [5.41, 5.74) is 0. The molecule has 0 radical (unpaired) electrons. The maximum atomic E-state index is 11.6. The molecule has 0 amide bonds. The Hall–Kier alpha value is -0.770. The highest BCUT2D eigenvalue weighted by Crippen LogP contribution is 2.55. The van der Waals surface area contributed by atoms with Crippen LogP contribution in [0.1, 0.15) is 12.8 Å². The summed E-state index contributed by atoms with van der Waals surface area (Å²) in [4.78, 5) is 22.7. The van der Waals surface area contributed by atoms with E-state index in [-0.39, 0.29) is 29.3 Å². The third-order valence-electron chi connectivity index (χ3n) is 4.10. The number of esters is 1. The molecular weight excluding hydrogens is 220 g/mol. The topological polar surface area (TPSA) is 63.6 Å². The van der Waals surface area contributed by atoms with E-state index in [1.807, 2.05) is 0 Å². The number of carbonyl (C=O) groups is 2. The molecule has 1 heterocycles. The molecule has 4 rings (SSSR count). The molecule has 4 fully saturated rings.